The van der Waals surface area contributed by atoms with Crippen LogP contribution in [0, 0.1) is 0 Å². The van der Waals surface area contributed by atoms with Gasteiger partial charge in [0.2, 0.25) is 0 Å². The minimum Gasteiger partial charge on any atom is -0.398 e. The van der Waals surface area contributed by atoms with E-state index in [0.29, 0.717) is 0 Å². The van der Waals surface area contributed by atoms with Gasteiger partial charge in [0.25, 0.3) is 0 Å². The van der Waals surface area contributed by atoms with Crippen molar-refractivity contribution in [1.29, 1.82) is 0 Å². The minimum atomic E-state index is 0. The van der Waals surface area contributed by atoms with Crippen LogP contribution >= 0.6 is 0 Å². The minimum absolute atomic E-state index is 0. The molecule has 2 nitrogen and oxygen atoms in total. The van der Waals surface area contributed by atoms with Crippen molar-refractivity contribution in [2.45, 2.75) is 0 Å². The van der Waals surface area contributed by atoms with Crippen LogP contribution in [0.25, 0.3) is 22.3 Å². The molecule has 0 aliphatic carbocycles. The van der Waals surface area contributed by atoms with Crippen molar-refractivity contribution in [3.63, 3.8) is 0 Å². The van der Waals surface area contributed by atoms with E-state index in [9.17, 15) is 0 Å². The average molecular weight is 262 g/mol. The molecule has 0 aromatic heterocycles. The number of benzene rings is 3. The SMILES string of the molecule is N.Nc1cccc(-c2ccccc2)c1-c1ccccc1. The first-order valence-corrected chi connectivity index (χ1v) is 6.35. The fraction of sp³-hybridized carbons (Fsp3) is 0. The fourth-order valence-electron chi connectivity index (χ4n) is 2.36. The lowest BCUT2D eigenvalue weighted by molar-refractivity contribution is 1.58. The fourth-order valence-corrected chi connectivity index (χ4v) is 2.36. The molecule has 0 unspecified atom stereocenters. The van der Waals surface area contributed by atoms with Crippen molar-refractivity contribution >= 4 is 5.69 Å². The van der Waals surface area contributed by atoms with E-state index in [-0.39, 0.29) is 6.15 Å². The highest BCUT2D eigenvalue weighted by Crippen LogP contribution is 2.36. The number of rotatable bonds is 2. The molecular weight excluding hydrogens is 244 g/mol. The quantitative estimate of drug-likeness (QED) is 0.654. The van der Waals surface area contributed by atoms with E-state index in [1.807, 2.05) is 48.5 Å². The van der Waals surface area contributed by atoms with Gasteiger partial charge in [-0.3, -0.25) is 0 Å². The lowest BCUT2D eigenvalue weighted by atomic mass is 9.93. The summed E-state index contributed by atoms with van der Waals surface area (Å²) in [5.74, 6) is 0. The Bertz CT molecular complexity index is 676. The predicted molar refractivity (Wildman–Crippen MR) is 86.7 cm³/mol. The molecule has 0 heterocycles. The zero-order chi connectivity index (χ0) is 13.1. The summed E-state index contributed by atoms with van der Waals surface area (Å²) in [5.41, 5.74) is 11.6. The van der Waals surface area contributed by atoms with E-state index in [1.165, 1.54) is 11.1 Å². The maximum Gasteiger partial charge on any atom is 0.0400 e. The highest BCUT2D eigenvalue weighted by atomic mass is 14.6. The number of hydrogen-bond donors (Lipinski definition) is 2. The third kappa shape index (κ3) is 2.56. The topological polar surface area (TPSA) is 61.0 Å². The molecule has 0 atom stereocenters. The Morgan fingerprint density at radius 1 is 0.550 bits per heavy atom. The lowest BCUT2D eigenvalue weighted by Crippen LogP contribution is -1.93. The second-order valence-corrected chi connectivity index (χ2v) is 4.50. The second-order valence-electron chi connectivity index (χ2n) is 4.50. The number of hydrogen-bond acceptors (Lipinski definition) is 2. The van der Waals surface area contributed by atoms with E-state index in [1.54, 1.807) is 0 Å². The van der Waals surface area contributed by atoms with Crippen molar-refractivity contribution in [2.24, 2.45) is 0 Å². The van der Waals surface area contributed by atoms with Gasteiger partial charge in [-0.25, -0.2) is 0 Å². The predicted octanol–water partition coefficient (Wildman–Crippen LogP) is 4.76. The molecule has 0 saturated heterocycles. The molecule has 0 bridgehead atoms. The van der Waals surface area contributed by atoms with Gasteiger partial charge in [-0.1, -0.05) is 72.8 Å². The van der Waals surface area contributed by atoms with Crippen molar-refractivity contribution in [3.05, 3.63) is 78.9 Å². The van der Waals surface area contributed by atoms with Gasteiger partial charge in [-0.15, -0.1) is 0 Å². The van der Waals surface area contributed by atoms with Crippen LogP contribution in [0.4, 0.5) is 5.69 Å². The standard InChI is InChI=1S/C18H15N.H3N/c19-17-13-7-12-16(14-8-3-1-4-9-14)18(17)15-10-5-2-6-11-15;/h1-13H,19H2;1H3. The second kappa shape index (κ2) is 6.04. The van der Waals surface area contributed by atoms with Gasteiger partial charge in [0, 0.05) is 11.3 Å². The van der Waals surface area contributed by atoms with Gasteiger partial charge in [0.15, 0.2) is 0 Å². The average Bonchev–Trinajstić information content (AvgIpc) is 2.49. The van der Waals surface area contributed by atoms with Crippen LogP contribution in [-0.2, 0) is 0 Å². The molecule has 2 heteroatoms. The molecule has 3 aromatic rings. The molecule has 0 aliphatic rings. The van der Waals surface area contributed by atoms with Gasteiger partial charge >= 0.3 is 0 Å². The summed E-state index contributed by atoms with van der Waals surface area (Å²) in [6.07, 6.45) is 0. The Labute approximate surface area is 119 Å². The zero-order valence-electron chi connectivity index (χ0n) is 11.3. The van der Waals surface area contributed by atoms with Crippen LogP contribution in [0.3, 0.4) is 0 Å². The van der Waals surface area contributed by atoms with E-state index in [2.05, 4.69) is 30.3 Å². The van der Waals surface area contributed by atoms with Crippen LogP contribution in [-0.4, -0.2) is 0 Å². The molecule has 5 N–H and O–H groups in total. The number of anilines is 1. The summed E-state index contributed by atoms with van der Waals surface area (Å²) in [5, 5.41) is 0. The van der Waals surface area contributed by atoms with Crippen LogP contribution < -0.4 is 11.9 Å². The Morgan fingerprint density at radius 3 is 1.70 bits per heavy atom. The Morgan fingerprint density at radius 2 is 1.10 bits per heavy atom. The van der Waals surface area contributed by atoms with Crippen molar-refractivity contribution in [3.8, 4) is 22.3 Å². The summed E-state index contributed by atoms with van der Waals surface area (Å²) in [7, 11) is 0. The Kier molecular flexibility index (Phi) is 4.18. The highest BCUT2D eigenvalue weighted by molar-refractivity contribution is 5.90. The zero-order valence-corrected chi connectivity index (χ0v) is 11.3. The molecule has 0 saturated carbocycles. The Hall–Kier alpha value is -2.58. The van der Waals surface area contributed by atoms with E-state index in [4.69, 9.17) is 5.73 Å². The first-order chi connectivity index (χ1) is 9.36. The lowest BCUT2D eigenvalue weighted by Gasteiger charge is -2.13. The smallest absolute Gasteiger partial charge is 0.0400 e. The molecule has 100 valence electrons. The largest absolute Gasteiger partial charge is 0.398 e. The van der Waals surface area contributed by atoms with Crippen molar-refractivity contribution < 1.29 is 0 Å². The van der Waals surface area contributed by atoms with Gasteiger partial charge in [-0.05, 0) is 22.8 Å². The monoisotopic (exact) mass is 262 g/mol. The van der Waals surface area contributed by atoms with Gasteiger partial charge in [0.05, 0.1) is 0 Å². The summed E-state index contributed by atoms with van der Waals surface area (Å²) in [4.78, 5) is 0. The third-order valence-corrected chi connectivity index (χ3v) is 3.24. The van der Waals surface area contributed by atoms with Crippen LogP contribution in [0.5, 0.6) is 0 Å². The molecule has 0 spiro atoms. The van der Waals surface area contributed by atoms with Crippen LogP contribution in [0.15, 0.2) is 78.9 Å². The molecule has 3 rings (SSSR count). The Balaban J connectivity index is 0.00000147. The van der Waals surface area contributed by atoms with Crippen molar-refractivity contribution in [1.82, 2.24) is 6.15 Å². The molecule has 0 radical (unpaired) electrons. The summed E-state index contributed by atoms with van der Waals surface area (Å²) in [6, 6.07) is 26.7. The van der Waals surface area contributed by atoms with Crippen LogP contribution in [0.1, 0.15) is 0 Å². The third-order valence-electron chi connectivity index (χ3n) is 3.24. The van der Waals surface area contributed by atoms with E-state index in [0.717, 1.165) is 16.8 Å². The molecular formula is C18H18N2. The maximum atomic E-state index is 6.19. The highest BCUT2D eigenvalue weighted by Gasteiger charge is 2.09. The van der Waals surface area contributed by atoms with Crippen LogP contribution in [0.2, 0.25) is 0 Å². The normalized spacial score (nSPS) is 9.80. The van der Waals surface area contributed by atoms with E-state index >= 15 is 0 Å². The summed E-state index contributed by atoms with van der Waals surface area (Å²) >= 11 is 0. The van der Waals surface area contributed by atoms with Gasteiger partial charge in [-0.2, -0.15) is 0 Å². The number of nitrogens with two attached hydrogens (primary N) is 1. The molecule has 0 amide bonds. The summed E-state index contributed by atoms with van der Waals surface area (Å²) < 4.78 is 0. The first-order valence-electron chi connectivity index (χ1n) is 6.35. The molecule has 0 aliphatic heterocycles. The molecule has 3 aromatic carbocycles. The number of nitrogen functional groups attached to an aromatic ring is 1. The molecule has 20 heavy (non-hydrogen) atoms. The van der Waals surface area contributed by atoms with Gasteiger partial charge < -0.3 is 11.9 Å². The first kappa shape index (κ1) is 13.8. The van der Waals surface area contributed by atoms with Crippen molar-refractivity contribution in [2.75, 3.05) is 5.73 Å². The van der Waals surface area contributed by atoms with Gasteiger partial charge in [0.1, 0.15) is 0 Å². The maximum absolute atomic E-state index is 6.19. The molecule has 0 fully saturated rings. The van der Waals surface area contributed by atoms with E-state index < -0.39 is 0 Å². The summed E-state index contributed by atoms with van der Waals surface area (Å²) in [6.45, 7) is 0.